The van der Waals surface area contributed by atoms with Crippen LogP contribution >= 0.6 is 11.6 Å². The van der Waals surface area contributed by atoms with E-state index in [4.69, 9.17) is 15.8 Å². The van der Waals surface area contributed by atoms with Crippen molar-refractivity contribution < 1.29 is 17.4 Å². The van der Waals surface area contributed by atoms with Gasteiger partial charge in [-0.25, -0.2) is 0 Å². The van der Waals surface area contributed by atoms with Gasteiger partial charge in [0.1, 0.15) is 10.6 Å². The number of carbonyl (C=O) groups is 1. The molecule has 2 rings (SSSR count). The summed E-state index contributed by atoms with van der Waals surface area (Å²) in [7, 11) is -3.97. The standard InChI is InChI=1S/C14H11ClO4S/c1-10(16)11-4-2-6-13(8-11)19-20(17,18)14-7-3-5-12(15)9-14/h2-9H,1H3. The summed E-state index contributed by atoms with van der Waals surface area (Å²) in [5.41, 5.74) is 0.379. The Kier molecular flexibility index (Phi) is 4.11. The summed E-state index contributed by atoms with van der Waals surface area (Å²) >= 11 is 5.76. The van der Waals surface area contributed by atoms with E-state index in [0.717, 1.165) is 0 Å². The first-order valence-corrected chi connectivity index (χ1v) is 7.48. The van der Waals surface area contributed by atoms with Crippen molar-refractivity contribution in [2.45, 2.75) is 11.8 Å². The SMILES string of the molecule is CC(=O)c1cccc(OS(=O)(=O)c2cccc(Cl)c2)c1. The first kappa shape index (κ1) is 14.6. The zero-order valence-corrected chi connectivity index (χ0v) is 12.1. The van der Waals surface area contributed by atoms with E-state index in [-0.39, 0.29) is 16.4 Å². The van der Waals surface area contributed by atoms with E-state index in [1.807, 2.05) is 0 Å². The van der Waals surface area contributed by atoms with Gasteiger partial charge >= 0.3 is 10.1 Å². The summed E-state index contributed by atoms with van der Waals surface area (Å²) in [4.78, 5) is 11.2. The van der Waals surface area contributed by atoms with Crippen molar-refractivity contribution in [2.24, 2.45) is 0 Å². The Morgan fingerprint density at radius 1 is 1.10 bits per heavy atom. The molecule has 104 valence electrons. The lowest BCUT2D eigenvalue weighted by molar-refractivity contribution is 0.101. The van der Waals surface area contributed by atoms with Gasteiger partial charge in [-0.15, -0.1) is 0 Å². The van der Waals surface area contributed by atoms with E-state index in [1.54, 1.807) is 18.2 Å². The fraction of sp³-hybridized carbons (Fsp3) is 0.0714. The molecule has 0 spiro atoms. The monoisotopic (exact) mass is 310 g/mol. The van der Waals surface area contributed by atoms with Crippen molar-refractivity contribution in [1.29, 1.82) is 0 Å². The Morgan fingerprint density at radius 2 is 1.80 bits per heavy atom. The minimum atomic E-state index is -3.97. The summed E-state index contributed by atoms with van der Waals surface area (Å²) in [5.74, 6) is -0.0896. The number of ketones is 1. The van der Waals surface area contributed by atoms with Crippen LogP contribution in [0.1, 0.15) is 17.3 Å². The van der Waals surface area contributed by atoms with E-state index in [1.165, 1.54) is 37.3 Å². The predicted octanol–water partition coefficient (Wildman–Crippen LogP) is 3.31. The van der Waals surface area contributed by atoms with E-state index in [0.29, 0.717) is 10.6 Å². The van der Waals surface area contributed by atoms with Gasteiger partial charge in [0.2, 0.25) is 0 Å². The van der Waals surface area contributed by atoms with E-state index in [2.05, 4.69) is 0 Å². The van der Waals surface area contributed by atoms with Gasteiger partial charge < -0.3 is 4.18 Å². The van der Waals surface area contributed by atoms with Crippen LogP contribution in [0.3, 0.4) is 0 Å². The molecule has 0 atom stereocenters. The molecule has 2 aromatic rings. The van der Waals surface area contributed by atoms with Crippen molar-refractivity contribution in [1.82, 2.24) is 0 Å². The second-order valence-corrected chi connectivity index (χ2v) is 6.06. The molecule has 0 fully saturated rings. The molecular formula is C14H11ClO4S. The lowest BCUT2D eigenvalue weighted by Crippen LogP contribution is -2.10. The van der Waals surface area contributed by atoms with E-state index < -0.39 is 10.1 Å². The number of carbonyl (C=O) groups excluding carboxylic acids is 1. The van der Waals surface area contributed by atoms with E-state index >= 15 is 0 Å². The van der Waals surface area contributed by atoms with Gasteiger partial charge in [0.25, 0.3) is 0 Å². The van der Waals surface area contributed by atoms with Gasteiger partial charge in [-0.2, -0.15) is 8.42 Å². The molecule has 0 amide bonds. The molecule has 0 aromatic heterocycles. The number of benzene rings is 2. The topological polar surface area (TPSA) is 60.4 Å². The summed E-state index contributed by atoms with van der Waals surface area (Å²) in [5, 5.41) is 0.298. The molecule has 0 bridgehead atoms. The van der Waals surface area contributed by atoms with Gasteiger partial charge in [0.15, 0.2) is 5.78 Å². The van der Waals surface area contributed by atoms with Crippen LogP contribution in [0.25, 0.3) is 0 Å². The van der Waals surface area contributed by atoms with Crippen LogP contribution in [0.4, 0.5) is 0 Å². The van der Waals surface area contributed by atoms with Crippen LogP contribution in [0, 0.1) is 0 Å². The summed E-state index contributed by atoms with van der Waals surface area (Å²) < 4.78 is 29.1. The van der Waals surface area contributed by atoms with Crippen molar-refractivity contribution in [3.05, 3.63) is 59.1 Å². The zero-order valence-electron chi connectivity index (χ0n) is 10.5. The highest BCUT2D eigenvalue weighted by Gasteiger charge is 2.17. The summed E-state index contributed by atoms with van der Waals surface area (Å²) in [6.07, 6.45) is 0. The average Bonchev–Trinajstić information content (AvgIpc) is 2.38. The highest BCUT2D eigenvalue weighted by atomic mass is 35.5. The average molecular weight is 311 g/mol. The van der Waals surface area contributed by atoms with Gasteiger partial charge in [-0.05, 0) is 37.3 Å². The molecule has 0 N–H and O–H groups in total. The molecule has 20 heavy (non-hydrogen) atoms. The minimum absolute atomic E-state index is 0.0433. The second kappa shape index (κ2) is 5.64. The molecule has 0 aliphatic heterocycles. The lowest BCUT2D eigenvalue weighted by Gasteiger charge is -2.08. The predicted molar refractivity (Wildman–Crippen MR) is 75.7 cm³/mol. The third kappa shape index (κ3) is 3.37. The van der Waals surface area contributed by atoms with Crippen LogP contribution < -0.4 is 4.18 Å². The number of hydrogen-bond acceptors (Lipinski definition) is 4. The third-order valence-corrected chi connectivity index (χ3v) is 4.01. The van der Waals surface area contributed by atoms with Crippen LogP contribution in [0.15, 0.2) is 53.4 Å². The van der Waals surface area contributed by atoms with Crippen LogP contribution in [0.2, 0.25) is 5.02 Å². The molecule has 6 heteroatoms. The normalized spacial score (nSPS) is 11.1. The van der Waals surface area contributed by atoms with Crippen LogP contribution in [0.5, 0.6) is 5.75 Å². The zero-order chi connectivity index (χ0) is 14.8. The summed E-state index contributed by atoms with van der Waals surface area (Å²) in [6.45, 7) is 1.39. The maximum atomic E-state index is 12.1. The number of rotatable bonds is 4. The molecule has 0 saturated heterocycles. The van der Waals surface area contributed by atoms with Crippen molar-refractivity contribution in [2.75, 3.05) is 0 Å². The molecule has 2 aromatic carbocycles. The number of Topliss-reactive ketones (excluding diaryl/α,β-unsaturated/α-hetero) is 1. The largest absolute Gasteiger partial charge is 0.379 e. The van der Waals surface area contributed by atoms with Gasteiger partial charge in [-0.1, -0.05) is 29.8 Å². The van der Waals surface area contributed by atoms with Gasteiger partial charge in [0, 0.05) is 10.6 Å². The lowest BCUT2D eigenvalue weighted by atomic mass is 10.1. The molecule has 0 heterocycles. The van der Waals surface area contributed by atoms with E-state index in [9.17, 15) is 13.2 Å². The highest BCUT2D eigenvalue weighted by molar-refractivity contribution is 7.87. The second-order valence-electron chi connectivity index (χ2n) is 4.08. The molecule has 0 saturated carbocycles. The Bertz CT molecular complexity index is 753. The fourth-order valence-corrected chi connectivity index (χ4v) is 2.79. The maximum Gasteiger partial charge on any atom is 0.339 e. The molecule has 0 unspecified atom stereocenters. The number of hydrogen-bond donors (Lipinski definition) is 0. The smallest absolute Gasteiger partial charge is 0.339 e. The molecular weight excluding hydrogens is 300 g/mol. The van der Waals surface area contributed by atoms with Crippen molar-refractivity contribution in [3.8, 4) is 5.75 Å². The van der Waals surface area contributed by atoms with Crippen molar-refractivity contribution in [3.63, 3.8) is 0 Å². The molecule has 4 nitrogen and oxygen atoms in total. The summed E-state index contributed by atoms with van der Waals surface area (Å²) in [6, 6.07) is 11.8. The molecule has 0 aliphatic rings. The van der Waals surface area contributed by atoms with Crippen LogP contribution in [-0.2, 0) is 10.1 Å². The minimum Gasteiger partial charge on any atom is -0.379 e. The Hall–Kier alpha value is -1.85. The van der Waals surface area contributed by atoms with Crippen molar-refractivity contribution >= 4 is 27.5 Å². The highest BCUT2D eigenvalue weighted by Crippen LogP contribution is 2.22. The Balaban J connectivity index is 2.33. The van der Waals surface area contributed by atoms with Gasteiger partial charge in [-0.3, -0.25) is 4.79 Å². The molecule has 0 radical (unpaired) electrons. The maximum absolute atomic E-state index is 12.1. The van der Waals surface area contributed by atoms with Gasteiger partial charge in [0.05, 0.1) is 0 Å². The molecule has 0 aliphatic carbocycles. The third-order valence-electron chi connectivity index (χ3n) is 2.53. The Morgan fingerprint density at radius 3 is 2.45 bits per heavy atom. The van der Waals surface area contributed by atoms with Crippen LogP contribution in [-0.4, -0.2) is 14.2 Å². The quantitative estimate of drug-likeness (QED) is 0.642. The number of halogens is 1. The first-order valence-electron chi connectivity index (χ1n) is 5.69. The Labute approximate surface area is 122 Å². The fourth-order valence-electron chi connectivity index (χ4n) is 1.56. The first-order chi connectivity index (χ1) is 9.38.